The minimum absolute atomic E-state index is 0.0105. The summed E-state index contributed by atoms with van der Waals surface area (Å²) in [6.45, 7) is 3.66. The second-order valence-electron chi connectivity index (χ2n) is 15.6. The Morgan fingerprint density at radius 2 is 1.58 bits per heavy atom. The van der Waals surface area contributed by atoms with Crippen LogP contribution in [0.15, 0.2) is 60.9 Å². The number of aromatic nitrogens is 3. The van der Waals surface area contributed by atoms with Crippen molar-refractivity contribution in [3.8, 4) is 16.9 Å². The Kier molecular flexibility index (Phi) is 13.3. The van der Waals surface area contributed by atoms with Crippen LogP contribution < -0.4 is 25.2 Å². The number of amides is 4. The molecule has 0 radical (unpaired) electrons. The van der Waals surface area contributed by atoms with Crippen molar-refractivity contribution in [3.63, 3.8) is 0 Å². The molecule has 8 rings (SSSR count). The fraction of sp³-hybridized carbons (Fsp3) is 0.386. The molecular formula is C44H49F4N9O5. The molecule has 2 aromatic heterocycles. The first kappa shape index (κ1) is 43.5. The Hall–Kier alpha value is -6.59. The van der Waals surface area contributed by atoms with Crippen molar-refractivity contribution in [3.05, 3.63) is 89.9 Å². The van der Waals surface area contributed by atoms with E-state index >= 15 is 13.2 Å². The molecule has 3 aliphatic heterocycles. The molecule has 4 amide bonds. The van der Waals surface area contributed by atoms with Gasteiger partial charge in [0.2, 0.25) is 17.7 Å². The molecule has 328 valence electrons. The van der Waals surface area contributed by atoms with Crippen molar-refractivity contribution >= 4 is 51.6 Å². The number of methoxy groups -OCH3 is 1. The van der Waals surface area contributed by atoms with Crippen LogP contribution in [-0.4, -0.2) is 115 Å². The SMILES string of the molecule is COc1cc(N2CCN(c3ccc(-c4ccc(F)c5[nH]c(C(=O)N(C)C)cc45)c(F)c3F)CC2)c(F)cc1NC1CCC(=O)NC1=O.O=C(CCn1cccn1)N1CCCCC1. The molecule has 0 saturated carbocycles. The summed E-state index contributed by atoms with van der Waals surface area (Å²) < 4.78 is 68.5. The number of anilines is 3. The molecule has 14 nitrogen and oxygen atoms in total. The number of ether oxygens (including phenoxy) is 1. The third kappa shape index (κ3) is 9.48. The van der Waals surface area contributed by atoms with E-state index in [1.807, 2.05) is 21.8 Å². The third-order valence-electron chi connectivity index (χ3n) is 11.4. The van der Waals surface area contributed by atoms with Crippen LogP contribution in [0.25, 0.3) is 22.0 Å². The van der Waals surface area contributed by atoms with E-state index in [9.17, 15) is 23.6 Å². The number of piperidine rings is 2. The van der Waals surface area contributed by atoms with Crippen LogP contribution in [0.4, 0.5) is 34.6 Å². The van der Waals surface area contributed by atoms with Gasteiger partial charge in [-0.3, -0.25) is 29.2 Å². The number of hydrogen-bond acceptors (Lipinski definition) is 9. The Bertz CT molecular complexity index is 2440. The van der Waals surface area contributed by atoms with Gasteiger partial charge >= 0.3 is 0 Å². The van der Waals surface area contributed by atoms with Gasteiger partial charge in [-0.25, -0.2) is 17.6 Å². The maximum Gasteiger partial charge on any atom is 0.269 e. The van der Waals surface area contributed by atoms with E-state index in [2.05, 4.69) is 20.7 Å². The Balaban J connectivity index is 0.000000324. The Morgan fingerprint density at radius 3 is 2.24 bits per heavy atom. The lowest BCUT2D eigenvalue weighted by atomic mass is 9.99. The fourth-order valence-corrected chi connectivity index (χ4v) is 7.99. The monoisotopic (exact) mass is 859 g/mol. The lowest BCUT2D eigenvalue weighted by Crippen LogP contribution is -2.47. The van der Waals surface area contributed by atoms with E-state index in [0.717, 1.165) is 32.0 Å². The molecule has 3 aliphatic rings. The molecule has 3 fully saturated rings. The normalized spacial score (nSPS) is 16.8. The van der Waals surface area contributed by atoms with Crippen LogP contribution in [0.5, 0.6) is 5.75 Å². The van der Waals surface area contributed by atoms with E-state index in [1.165, 1.54) is 54.8 Å². The van der Waals surface area contributed by atoms with Gasteiger partial charge in [0.05, 0.1) is 29.7 Å². The number of aryl methyl sites for hydroxylation is 1. The number of carbonyl (C=O) groups excluding carboxylic acids is 4. The van der Waals surface area contributed by atoms with Crippen LogP contribution in [0.3, 0.4) is 0 Å². The van der Waals surface area contributed by atoms with Crippen LogP contribution in [-0.2, 0) is 20.9 Å². The third-order valence-corrected chi connectivity index (χ3v) is 11.4. The van der Waals surface area contributed by atoms with Gasteiger partial charge in [-0.05, 0) is 61.6 Å². The van der Waals surface area contributed by atoms with Crippen LogP contribution >= 0.6 is 0 Å². The Labute approximate surface area is 355 Å². The summed E-state index contributed by atoms with van der Waals surface area (Å²) in [7, 11) is 4.51. The minimum Gasteiger partial charge on any atom is -0.495 e. The first-order valence-electron chi connectivity index (χ1n) is 20.6. The first-order valence-corrected chi connectivity index (χ1v) is 20.6. The first-order chi connectivity index (χ1) is 29.8. The quantitative estimate of drug-likeness (QED) is 0.115. The summed E-state index contributed by atoms with van der Waals surface area (Å²) in [5, 5.41) is 9.52. The summed E-state index contributed by atoms with van der Waals surface area (Å²) >= 11 is 0. The van der Waals surface area contributed by atoms with E-state index in [0.29, 0.717) is 18.7 Å². The van der Waals surface area contributed by atoms with Gasteiger partial charge in [0.15, 0.2) is 11.6 Å². The second-order valence-corrected chi connectivity index (χ2v) is 15.6. The number of halogens is 4. The van der Waals surface area contributed by atoms with Gasteiger partial charge in [-0.1, -0.05) is 6.07 Å². The highest BCUT2D eigenvalue weighted by molar-refractivity contribution is 6.03. The highest BCUT2D eigenvalue weighted by Crippen LogP contribution is 2.38. The van der Waals surface area contributed by atoms with Crippen molar-refractivity contribution in [2.75, 3.05) is 75.6 Å². The van der Waals surface area contributed by atoms with E-state index in [-0.39, 0.29) is 95.6 Å². The van der Waals surface area contributed by atoms with Gasteiger partial charge in [0.1, 0.15) is 29.1 Å². The predicted molar refractivity (Wildman–Crippen MR) is 226 cm³/mol. The second kappa shape index (κ2) is 19.0. The zero-order chi connectivity index (χ0) is 44.1. The molecule has 1 atom stereocenters. The summed E-state index contributed by atoms with van der Waals surface area (Å²) in [6, 6.07) is 10.7. The summed E-state index contributed by atoms with van der Waals surface area (Å²) in [5.41, 5.74) is 0.802. The number of likely N-dealkylation sites (tertiary alicyclic amines) is 1. The number of fused-ring (bicyclic) bond motifs is 1. The summed E-state index contributed by atoms with van der Waals surface area (Å²) in [4.78, 5) is 57.4. The zero-order valence-corrected chi connectivity index (χ0v) is 34.8. The smallest absolute Gasteiger partial charge is 0.269 e. The highest BCUT2D eigenvalue weighted by atomic mass is 19.2. The fourth-order valence-electron chi connectivity index (χ4n) is 7.99. The number of rotatable bonds is 10. The standard InChI is InChI=1S/C33H32F4N6O4.C11H17N3O/c1-41(2)33(46)24-14-19-17(4-6-20(34)31(19)39-24)18-5-8-25(30(37)29(18)36)42-10-12-43(13-11-42)26-16-27(47-3)23(15-21(26)35)38-22-7-9-28(44)40-32(22)45;15-11(13-7-2-1-3-8-13)5-10-14-9-4-6-12-14/h4-6,8,14-16,22,38-39H,7,9-13H2,1-3H3,(H,40,44,45);4,6,9H,1-3,5,7-8,10H2. The van der Waals surface area contributed by atoms with Crippen LogP contribution in [0, 0.1) is 23.3 Å². The molecule has 0 bridgehead atoms. The van der Waals surface area contributed by atoms with Crippen molar-refractivity contribution in [1.82, 2.24) is 29.9 Å². The number of hydrogen-bond donors (Lipinski definition) is 3. The molecule has 62 heavy (non-hydrogen) atoms. The predicted octanol–water partition coefficient (Wildman–Crippen LogP) is 5.93. The van der Waals surface area contributed by atoms with Gasteiger partial charge in [-0.15, -0.1) is 0 Å². The van der Waals surface area contributed by atoms with Gasteiger partial charge in [0.25, 0.3) is 5.91 Å². The molecule has 1 unspecified atom stereocenters. The number of benzene rings is 3. The molecule has 5 aromatic rings. The topological polar surface area (TPSA) is 148 Å². The van der Waals surface area contributed by atoms with E-state index < -0.39 is 41.1 Å². The molecule has 18 heteroatoms. The van der Waals surface area contributed by atoms with E-state index in [4.69, 9.17) is 4.74 Å². The van der Waals surface area contributed by atoms with Crippen LogP contribution in [0.1, 0.15) is 49.0 Å². The number of aromatic amines is 1. The minimum atomic E-state index is -1.12. The maximum absolute atomic E-state index is 15.6. The number of piperazine rings is 1. The highest BCUT2D eigenvalue weighted by Gasteiger charge is 2.30. The lowest BCUT2D eigenvalue weighted by Gasteiger charge is -2.38. The van der Waals surface area contributed by atoms with Crippen molar-refractivity contribution in [2.45, 2.75) is 51.1 Å². The van der Waals surface area contributed by atoms with Gasteiger partial charge in [0, 0.05) is 108 Å². The van der Waals surface area contributed by atoms with E-state index in [1.54, 1.807) is 30.1 Å². The number of nitrogens with zero attached hydrogens (tertiary/aromatic N) is 6. The molecule has 3 aromatic carbocycles. The molecule has 5 heterocycles. The summed E-state index contributed by atoms with van der Waals surface area (Å²) in [5.74, 6) is -4.09. The number of imide groups is 1. The largest absolute Gasteiger partial charge is 0.495 e. The maximum atomic E-state index is 15.6. The number of nitrogens with one attached hydrogen (secondary N) is 3. The molecular weight excluding hydrogens is 811 g/mol. The molecule has 0 spiro atoms. The molecule has 3 saturated heterocycles. The molecule has 0 aliphatic carbocycles. The van der Waals surface area contributed by atoms with Crippen LogP contribution in [0.2, 0.25) is 0 Å². The van der Waals surface area contributed by atoms with Gasteiger partial charge in [-0.2, -0.15) is 5.10 Å². The Morgan fingerprint density at radius 1 is 0.871 bits per heavy atom. The lowest BCUT2D eigenvalue weighted by molar-refractivity contribution is -0.134. The average Bonchev–Trinajstić information content (AvgIpc) is 3.97. The molecule has 3 N–H and O–H groups in total. The van der Waals surface area contributed by atoms with Gasteiger partial charge < -0.3 is 34.6 Å². The summed E-state index contributed by atoms with van der Waals surface area (Å²) in [6.07, 6.45) is 8.21. The number of carbonyl (C=O) groups is 4. The van der Waals surface area contributed by atoms with Crippen molar-refractivity contribution < 1.29 is 41.5 Å². The van der Waals surface area contributed by atoms with Crippen molar-refractivity contribution in [1.29, 1.82) is 0 Å². The average molecular weight is 860 g/mol. The zero-order valence-electron chi connectivity index (χ0n) is 34.8. The van der Waals surface area contributed by atoms with Crippen molar-refractivity contribution in [2.24, 2.45) is 0 Å². The number of H-pyrrole nitrogens is 1.